The molecule has 1 fully saturated rings. The average molecular weight is 343 g/mol. The topological polar surface area (TPSA) is 75.7 Å². The van der Waals surface area contributed by atoms with Gasteiger partial charge >= 0.3 is 0 Å². The maximum absolute atomic E-state index is 12.8. The molecule has 1 rings (SSSR count). The second kappa shape index (κ2) is 8.92. The highest BCUT2D eigenvalue weighted by molar-refractivity contribution is 7.92. The number of hydrogen-bond acceptors (Lipinski definition) is 5. The molecule has 0 aromatic heterocycles. The highest BCUT2D eigenvalue weighted by atomic mass is 35.5. The molecule has 21 heavy (non-hydrogen) atoms. The summed E-state index contributed by atoms with van der Waals surface area (Å²) in [6.45, 7) is 6.83. The van der Waals surface area contributed by atoms with Crippen LogP contribution in [0.5, 0.6) is 0 Å². The Labute approximate surface area is 133 Å². The van der Waals surface area contributed by atoms with E-state index in [0.717, 1.165) is 0 Å². The van der Waals surface area contributed by atoms with E-state index >= 15 is 0 Å². The van der Waals surface area contributed by atoms with Crippen LogP contribution in [0.3, 0.4) is 0 Å². The Morgan fingerprint density at radius 2 is 1.86 bits per heavy atom. The van der Waals surface area contributed by atoms with Gasteiger partial charge < -0.3 is 15.0 Å². The molecule has 1 aliphatic heterocycles. The minimum absolute atomic E-state index is 0. The maximum Gasteiger partial charge on any atom is 0.244 e. The van der Waals surface area contributed by atoms with Crippen LogP contribution in [0.2, 0.25) is 0 Å². The van der Waals surface area contributed by atoms with E-state index in [4.69, 9.17) is 4.74 Å². The molecule has 1 amide bonds. The van der Waals surface area contributed by atoms with Gasteiger partial charge in [0, 0.05) is 26.0 Å². The number of sulfone groups is 1. The molecule has 8 heteroatoms. The molecule has 6 nitrogen and oxygen atoms in total. The Hall–Kier alpha value is -0.370. The number of nitrogens with one attached hydrogen (secondary N) is 1. The van der Waals surface area contributed by atoms with Gasteiger partial charge in [0.05, 0.1) is 6.61 Å². The Morgan fingerprint density at radius 1 is 1.29 bits per heavy atom. The van der Waals surface area contributed by atoms with Gasteiger partial charge in [-0.1, -0.05) is 0 Å². The first-order chi connectivity index (χ1) is 9.39. The quantitative estimate of drug-likeness (QED) is 0.680. The lowest BCUT2D eigenvalue weighted by molar-refractivity contribution is -0.135. The van der Waals surface area contributed by atoms with Crippen molar-refractivity contribution in [1.29, 1.82) is 0 Å². The first-order valence-corrected chi connectivity index (χ1v) is 9.05. The maximum atomic E-state index is 12.8. The number of nitrogens with zero attached hydrogens (tertiary/aromatic N) is 1. The van der Waals surface area contributed by atoms with Gasteiger partial charge in [0.1, 0.15) is 0 Å². The van der Waals surface area contributed by atoms with E-state index in [1.54, 1.807) is 4.90 Å². The molecule has 1 heterocycles. The summed E-state index contributed by atoms with van der Waals surface area (Å²) >= 11 is 0. The first kappa shape index (κ1) is 20.6. The molecule has 0 unspecified atom stereocenters. The van der Waals surface area contributed by atoms with Crippen LogP contribution in [0.25, 0.3) is 0 Å². The van der Waals surface area contributed by atoms with Crippen LogP contribution >= 0.6 is 12.4 Å². The molecule has 126 valence electrons. The summed E-state index contributed by atoms with van der Waals surface area (Å²) in [5, 5.41) is 3.12. The van der Waals surface area contributed by atoms with Gasteiger partial charge in [-0.2, -0.15) is 0 Å². The van der Waals surface area contributed by atoms with Crippen molar-refractivity contribution in [2.45, 2.75) is 31.4 Å². The molecule has 1 saturated heterocycles. The van der Waals surface area contributed by atoms with Crippen LogP contribution in [0.15, 0.2) is 0 Å². The number of carbonyl (C=O) groups is 1. The van der Waals surface area contributed by atoms with Crippen molar-refractivity contribution in [1.82, 2.24) is 10.2 Å². The van der Waals surface area contributed by atoms with Gasteiger partial charge in [-0.05, 0) is 39.8 Å². The lowest BCUT2D eigenvalue weighted by Gasteiger charge is -2.38. The molecule has 0 radical (unpaired) electrons. The average Bonchev–Trinajstić information content (AvgIpc) is 2.42. The van der Waals surface area contributed by atoms with Gasteiger partial charge in [-0.3, -0.25) is 4.79 Å². The number of likely N-dealkylation sites (N-methyl/N-ethyl adjacent to an activating group) is 1. The minimum Gasteiger partial charge on any atom is -0.380 e. The number of rotatable bonds is 7. The summed E-state index contributed by atoms with van der Waals surface area (Å²) in [5.74, 6) is -0.274. The predicted molar refractivity (Wildman–Crippen MR) is 85.7 cm³/mol. The fourth-order valence-electron chi connectivity index (χ4n) is 2.58. The largest absolute Gasteiger partial charge is 0.380 e. The molecular weight excluding hydrogens is 316 g/mol. The summed E-state index contributed by atoms with van der Waals surface area (Å²) < 4.78 is 28.4. The zero-order chi connectivity index (χ0) is 15.2. The number of amides is 1. The van der Waals surface area contributed by atoms with Gasteiger partial charge in [0.25, 0.3) is 0 Å². The van der Waals surface area contributed by atoms with Gasteiger partial charge in [0.2, 0.25) is 5.91 Å². The molecule has 0 aromatic carbocycles. The molecule has 0 saturated carbocycles. The zero-order valence-corrected chi connectivity index (χ0v) is 14.7. The van der Waals surface area contributed by atoms with Gasteiger partial charge in [-0.15, -0.1) is 12.4 Å². The number of hydrogen-bond donors (Lipinski definition) is 1. The minimum atomic E-state index is -3.44. The van der Waals surface area contributed by atoms with Crippen molar-refractivity contribution in [3.8, 4) is 0 Å². The Kier molecular flexibility index (Phi) is 8.77. The van der Waals surface area contributed by atoms with E-state index in [-0.39, 0.29) is 18.3 Å². The summed E-state index contributed by atoms with van der Waals surface area (Å²) in [7, 11) is -3.44. The normalized spacial score (nSPS) is 17.9. The van der Waals surface area contributed by atoms with Crippen LogP contribution in [0.1, 0.15) is 26.7 Å². The molecule has 0 atom stereocenters. The molecule has 0 aromatic rings. The fraction of sp³-hybridized carbons (Fsp3) is 0.923. The second-order valence-electron chi connectivity index (χ2n) is 5.10. The smallest absolute Gasteiger partial charge is 0.244 e. The van der Waals surface area contributed by atoms with Crippen molar-refractivity contribution in [2.24, 2.45) is 0 Å². The monoisotopic (exact) mass is 342 g/mol. The SMILES string of the molecule is CCOCCN(CC)C(=O)C1(S(C)(=O)=O)CCNCC1.Cl. The molecule has 0 spiro atoms. The molecule has 1 N–H and O–H groups in total. The molecular formula is C13H27ClN2O4S. The van der Waals surface area contributed by atoms with Gasteiger partial charge in [0.15, 0.2) is 14.6 Å². The summed E-state index contributed by atoms with van der Waals surface area (Å²) in [5.41, 5.74) is 0. The highest BCUT2D eigenvalue weighted by Gasteiger charge is 2.50. The van der Waals surface area contributed by atoms with Crippen LogP contribution in [-0.2, 0) is 19.4 Å². The van der Waals surface area contributed by atoms with Gasteiger partial charge in [-0.25, -0.2) is 8.42 Å². The number of halogens is 1. The Bertz CT molecular complexity index is 422. The summed E-state index contributed by atoms with van der Waals surface area (Å²) in [6, 6.07) is 0. The van der Waals surface area contributed by atoms with Crippen LogP contribution in [-0.4, -0.2) is 69.6 Å². The molecule has 0 aliphatic carbocycles. The highest BCUT2D eigenvalue weighted by Crippen LogP contribution is 2.30. The van der Waals surface area contributed by atoms with Crippen LogP contribution in [0, 0.1) is 0 Å². The van der Waals surface area contributed by atoms with E-state index in [1.165, 1.54) is 6.26 Å². The second-order valence-corrected chi connectivity index (χ2v) is 7.42. The van der Waals surface area contributed by atoms with Crippen LogP contribution in [0.4, 0.5) is 0 Å². The lowest BCUT2D eigenvalue weighted by atomic mass is 9.95. The van der Waals surface area contributed by atoms with E-state index in [1.807, 2.05) is 13.8 Å². The van der Waals surface area contributed by atoms with Crippen molar-refractivity contribution < 1.29 is 17.9 Å². The van der Waals surface area contributed by atoms with E-state index in [2.05, 4.69) is 5.32 Å². The number of piperidine rings is 1. The lowest BCUT2D eigenvalue weighted by Crippen LogP contribution is -2.58. The van der Waals surface area contributed by atoms with E-state index < -0.39 is 14.6 Å². The fourth-order valence-corrected chi connectivity index (χ4v) is 3.98. The van der Waals surface area contributed by atoms with E-state index in [0.29, 0.717) is 52.2 Å². The first-order valence-electron chi connectivity index (χ1n) is 7.16. The van der Waals surface area contributed by atoms with Crippen molar-refractivity contribution in [3.63, 3.8) is 0 Å². The predicted octanol–water partition coefficient (Wildman–Crippen LogP) is 0.460. The molecule has 1 aliphatic rings. The van der Waals surface area contributed by atoms with Crippen molar-refractivity contribution in [2.75, 3.05) is 45.6 Å². The van der Waals surface area contributed by atoms with Crippen molar-refractivity contribution in [3.05, 3.63) is 0 Å². The van der Waals surface area contributed by atoms with Crippen molar-refractivity contribution >= 4 is 28.2 Å². The number of ether oxygens (including phenoxy) is 1. The third kappa shape index (κ3) is 4.81. The number of carbonyl (C=O) groups excluding carboxylic acids is 1. The summed E-state index contributed by atoms with van der Waals surface area (Å²) in [4.78, 5) is 14.4. The third-order valence-corrected chi connectivity index (χ3v) is 5.89. The van der Waals surface area contributed by atoms with E-state index in [9.17, 15) is 13.2 Å². The van der Waals surface area contributed by atoms with Crippen LogP contribution < -0.4 is 5.32 Å². The molecule has 0 bridgehead atoms. The standard InChI is InChI=1S/C13H26N2O4S.ClH/c1-4-15(10-11-19-5-2)12(16)13(20(3,17)18)6-8-14-9-7-13;/h14H,4-11H2,1-3H3;1H. The third-order valence-electron chi connectivity index (χ3n) is 3.89. The Balaban J connectivity index is 0.00000400. The summed E-state index contributed by atoms with van der Waals surface area (Å²) in [6.07, 6.45) is 1.86. The Morgan fingerprint density at radius 3 is 2.29 bits per heavy atom. The zero-order valence-electron chi connectivity index (χ0n) is 13.1.